The minimum atomic E-state index is 0.318. The molecule has 1 aromatic carbocycles. The lowest BCUT2D eigenvalue weighted by molar-refractivity contribution is 0.654. The van der Waals surface area contributed by atoms with E-state index in [2.05, 4.69) is 40.2 Å². The summed E-state index contributed by atoms with van der Waals surface area (Å²) in [5.41, 5.74) is 3.41. The van der Waals surface area contributed by atoms with Gasteiger partial charge in [0.05, 0.1) is 11.6 Å². The number of hydrogen-bond donors (Lipinski definition) is 0. The molecule has 3 nitrogen and oxygen atoms in total. The van der Waals surface area contributed by atoms with Gasteiger partial charge in [-0.15, -0.1) is 0 Å². The molecule has 1 aliphatic rings. The molecule has 1 atom stereocenters. The van der Waals surface area contributed by atoms with Crippen LogP contribution in [0.25, 0.3) is 0 Å². The number of nitrogens with zero attached hydrogens (tertiary/aromatic N) is 3. The van der Waals surface area contributed by atoms with Crippen LogP contribution in [0.5, 0.6) is 0 Å². The van der Waals surface area contributed by atoms with Gasteiger partial charge < -0.3 is 4.90 Å². The third kappa shape index (κ3) is 1.96. The standard InChI is InChI=1S/C16H15N3/c1-19(16-13(11-17)6-4-10-18-16)15-9-8-12-5-2-3-7-14(12)15/h2-7,10,15H,8-9H2,1H3. The normalized spacial score (nSPS) is 16.7. The highest BCUT2D eigenvalue weighted by molar-refractivity contribution is 5.55. The molecule has 1 aromatic heterocycles. The van der Waals surface area contributed by atoms with E-state index in [1.165, 1.54) is 11.1 Å². The zero-order valence-electron chi connectivity index (χ0n) is 10.9. The van der Waals surface area contributed by atoms with Crippen LogP contribution in [0, 0.1) is 11.3 Å². The summed E-state index contributed by atoms with van der Waals surface area (Å²) in [4.78, 5) is 6.50. The van der Waals surface area contributed by atoms with E-state index in [4.69, 9.17) is 0 Å². The zero-order valence-corrected chi connectivity index (χ0v) is 10.9. The van der Waals surface area contributed by atoms with Crippen LogP contribution in [0.15, 0.2) is 42.6 Å². The van der Waals surface area contributed by atoms with E-state index >= 15 is 0 Å². The lowest BCUT2D eigenvalue weighted by atomic mass is 10.1. The molecule has 0 fully saturated rings. The van der Waals surface area contributed by atoms with Crippen molar-refractivity contribution in [2.75, 3.05) is 11.9 Å². The zero-order chi connectivity index (χ0) is 13.2. The second-order valence-electron chi connectivity index (χ2n) is 4.85. The van der Waals surface area contributed by atoms with Crippen LogP contribution in [0.2, 0.25) is 0 Å². The third-order valence-corrected chi connectivity index (χ3v) is 3.81. The van der Waals surface area contributed by atoms with Gasteiger partial charge in [0.1, 0.15) is 11.9 Å². The van der Waals surface area contributed by atoms with Crippen LogP contribution in [0.3, 0.4) is 0 Å². The van der Waals surface area contributed by atoms with E-state index in [9.17, 15) is 5.26 Å². The summed E-state index contributed by atoms with van der Waals surface area (Å²) in [7, 11) is 2.02. The Morgan fingerprint density at radius 2 is 2.11 bits per heavy atom. The van der Waals surface area contributed by atoms with Gasteiger partial charge in [0.2, 0.25) is 0 Å². The summed E-state index contributed by atoms with van der Waals surface area (Å²) in [6, 6.07) is 14.7. The summed E-state index contributed by atoms with van der Waals surface area (Å²) in [5, 5.41) is 9.19. The molecular formula is C16H15N3. The molecule has 0 saturated carbocycles. The van der Waals surface area contributed by atoms with Crippen LogP contribution < -0.4 is 4.90 Å². The van der Waals surface area contributed by atoms with Gasteiger partial charge in [-0.3, -0.25) is 0 Å². The molecule has 0 bridgehead atoms. The molecule has 0 aliphatic heterocycles. The molecule has 1 unspecified atom stereocenters. The van der Waals surface area contributed by atoms with Gasteiger partial charge in [0.25, 0.3) is 0 Å². The predicted molar refractivity (Wildman–Crippen MR) is 74.9 cm³/mol. The summed E-state index contributed by atoms with van der Waals surface area (Å²) in [6.07, 6.45) is 3.92. The minimum absolute atomic E-state index is 0.318. The van der Waals surface area contributed by atoms with Crippen molar-refractivity contribution in [2.45, 2.75) is 18.9 Å². The van der Waals surface area contributed by atoms with E-state index in [0.717, 1.165) is 18.7 Å². The lowest BCUT2D eigenvalue weighted by Gasteiger charge is -2.27. The molecule has 1 heterocycles. The van der Waals surface area contributed by atoms with Gasteiger partial charge in [-0.25, -0.2) is 4.98 Å². The summed E-state index contributed by atoms with van der Waals surface area (Å²) < 4.78 is 0. The maximum Gasteiger partial charge on any atom is 0.146 e. The first-order chi connectivity index (χ1) is 9.31. The second kappa shape index (κ2) is 4.74. The number of aromatic nitrogens is 1. The average Bonchev–Trinajstić information content (AvgIpc) is 2.90. The molecule has 3 rings (SSSR count). The maximum absolute atomic E-state index is 9.19. The Labute approximate surface area is 113 Å². The topological polar surface area (TPSA) is 39.9 Å². The Kier molecular flexibility index (Phi) is 2.92. The lowest BCUT2D eigenvalue weighted by Crippen LogP contribution is -2.24. The average molecular weight is 249 g/mol. The first kappa shape index (κ1) is 11.7. The Morgan fingerprint density at radius 1 is 1.26 bits per heavy atom. The van der Waals surface area contributed by atoms with E-state index in [0.29, 0.717) is 11.6 Å². The van der Waals surface area contributed by atoms with Gasteiger partial charge in [0.15, 0.2) is 0 Å². The highest BCUT2D eigenvalue weighted by atomic mass is 15.2. The van der Waals surface area contributed by atoms with Crippen LogP contribution in [0.4, 0.5) is 5.82 Å². The highest BCUT2D eigenvalue weighted by Crippen LogP contribution is 2.37. The first-order valence-electron chi connectivity index (χ1n) is 6.47. The number of benzene rings is 1. The van der Waals surface area contributed by atoms with Crippen LogP contribution in [-0.2, 0) is 6.42 Å². The Bertz CT molecular complexity index is 642. The third-order valence-electron chi connectivity index (χ3n) is 3.81. The number of nitriles is 1. The number of pyridine rings is 1. The largest absolute Gasteiger partial charge is 0.352 e. The number of aryl methyl sites for hydroxylation is 1. The van der Waals surface area contributed by atoms with E-state index < -0.39 is 0 Å². The predicted octanol–water partition coefficient (Wildman–Crippen LogP) is 3.08. The molecule has 0 spiro atoms. The van der Waals surface area contributed by atoms with Gasteiger partial charge in [-0.2, -0.15) is 5.26 Å². The van der Waals surface area contributed by atoms with Crippen molar-refractivity contribution in [3.05, 3.63) is 59.3 Å². The number of rotatable bonds is 2. The summed E-state index contributed by atoms with van der Waals surface area (Å²) in [6.45, 7) is 0. The van der Waals surface area contributed by atoms with Gasteiger partial charge in [0, 0.05) is 13.2 Å². The fourth-order valence-corrected chi connectivity index (χ4v) is 2.85. The van der Waals surface area contributed by atoms with Crippen molar-refractivity contribution in [3.8, 4) is 6.07 Å². The molecule has 0 N–H and O–H groups in total. The van der Waals surface area contributed by atoms with Crippen molar-refractivity contribution >= 4 is 5.82 Å². The van der Waals surface area contributed by atoms with Crippen LogP contribution >= 0.6 is 0 Å². The molecule has 0 radical (unpaired) electrons. The van der Waals surface area contributed by atoms with Gasteiger partial charge in [-0.05, 0) is 36.1 Å². The molecule has 0 saturated heterocycles. The molecule has 2 aromatic rings. The Morgan fingerprint density at radius 3 is 2.95 bits per heavy atom. The first-order valence-corrected chi connectivity index (χ1v) is 6.47. The molecule has 0 amide bonds. The maximum atomic E-state index is 9.19. The fourth-order valence-electron chi connectivity index (χ4n) is 2.85. The monoisotopic (exact) mass is 249 g/mol. The van der Waals surface area contributed by atoms with Crippen molar-refractivity contribution in [3.63, 3.8) is 0 Å². The second-order valence-corrected chi connectivity index (χ2v) is 4.85. The Hall–Kier alpha value is -2.34. The SMILES string of the molecule is CN(c1ncccc1C#N)C1CCc2ccccc21. The summed E-state index contributed by atoms with van der Waals surface area (Å²) >= 11 is 0. The highest BCUT2D eigenvalue weighted by Gasteiger charge is 2.27. The minimum Gasteiger partial charge on any atom is -0.352 e. The van der Waals surface area contributed by atoms with E-state index in [1.54, 1.807) is 12.3 Å². The number of hydrogen-bond acceptors (Lipinski definition) is 3. The van der Waals surface area contributed by atoms with Gasteiger partial charge >= 0.3 is 0 Å². The van der Waals surface area contributed by atoms with Crippen LogP contribution in [-0.4, -0.2) is 12.0 Å². The van der Waals surface area contributed by atoms with Crippen molar-refractivity contribution < 1.29 is 0 Å². The number of anilines is 1. The van der Waals surface area contributed by atoms with E-state index in [1.807, 2.05) is 13.1 Å². The van der Waals surface area contributed by atoms with Crippen molar-refractivity contribution in [1.29, 1.82) is 5.26 Å². The number of fused-ring (bicyclic) bond motifs is 1. The van der Waals surface area contributed by atoms with Crippen molar-refractivity contribution in [2.24, 2.45) is 0 Å². The molecule has 94 valence electrons. The quantitative estimate of drug-likeness (QED) is 0.821. The molecule has 1 aliphatic carbocycles. The smallest absolute Gasteiger partial charge is 0.146 e. The van der Waals surface area contributed by atoms with Gasteiger partial charge in [-0.1, -0.05) is 24.3 Å². The molecule has 19 heavy (non-hydrogen) atoms. The molecular weight excluding hydrogens is 234 g/mol. The van der Waals surface area contributed by atoms with Crippen LogP contribution in [0.1, 0.15) is 29.2 Å². The summed E-state index contributed by atoms with van der Waals surface area (Å²) in [5.74, 6) is 0.770. The Balaban J connectivity index is 1.98. The molecule has 3 heteroatoms. The fraction of sp³-hybridized carbons (Fsp3) is 0.250. The van der Waals surface area contributed by atoms with E-state index in [-0.39, 0.29) is 0 Å². The van der Waals surface area contributed by atoms with Crippen molar-refractivity contribution in [1.82, 2.24) is 4.98 Å².